The number of nitrogens with one attached hydrogen (secondary N) is 3. The average Bonchev–Trinajstić information content (AvgIpc) is 3.09. The van der Waals surface area contributed by atoms with Crippen molar-refractivity contribution in [2.75, 3.05) is 7.05 Å². The second kappa shape index (κ2) is 7.86. The average molecular weight is 396 g/mol. The van der Waals surface area contributed by atoms with Crippen molar-refractivity contribution in [3.63, 3.8) is 0 Å². The second-order valence-corrected chi connectivity index (χ2v) is 7.18. The van der Waals surface area contributed by atoms with E-state index in [1.807, 2.05) is 26.8 Å². The van der Waals surface area contributed by atoms with Gasteiger partial charge < -0.3 is 15.6 Å². The molecule has 9 nitrogen and oxygen atoms in total. The van der Waals surface area contributed by atoms with E-state index in [0.717, 1.165) is 11.3 Å². The lowest BCUT2D eigenvalue weighted by Gasteiger charge is -2.11. The Bertz CT molecular complexity index is 1160. The van der Waals surface area contributed by atoms with E-state index < -0.39 is 11.8 Å². The molecule has 0 radical (unpaired) electrons. The number of pyridine rings is 2. The third kappa shape index (κ3) is 3.89. The number of nitrogens with zero attached hydrogens (tertiary/aromatic N) is 3. The van der Waals surface area contributed by atoms with Crippen LogP contribution >= 0.6 is 0 Å². The number of aryl methyl sites for hydroxylation is 2. The first-order valence-electron chi connectivity index (χ1n) is 9.30. The summed E-state index contributed by atoms with van der Waals surface area (Å²) in [6.07, 6.45) is 1.56. The monoisotopic (exact) mass is 396 g/mol. The third-order valence-electron chi connectivity index (χ3n) is 4.68. The SMILES string of the molecule is CNC(=O)c1cc(C(=O)NCc2c(C)cc(C)[nH]c2=O)c2cnn(C(C)C)c2n1. The minimum Gasteiger partial charge on any atom is -0.354 e. The molecular weight excluding hydrogens is 372 g/mol. The molecule has 3 N–H and O–H groups in total. The van der Waals surface area contributed by atoms with Crippen LogP contribution in [0.2, 0.25) is 0 Å². The molecule has 2 amide bonds. The first-order valence-corrected chi connectivity index (χ1v) is 9.30. The van der Waals surface area contributed by atoms with Gasteiger partial charge in [-0.2, -0.15) is 5.10 Å². The van der Waals surface area contributed by atoms with Crippen LogP contribution in [0.15, 0.2) is 23.1 Å². The lowest BCUT2D eigenvalue weighted by Crippen LogP contribution is -2.28. The third-order valence-corrected chi connectivity index (χ3v) is 4.68. The molecule has 0 spiro atoms. The Morgan fingerprint density at radius 2 is 1.93 bits per heavy atom. The fourth-order valence-electron chi connectivity index (χ4n) is 3.19. The van der Waals surface area contributed by atoms with Crippen molar-refractivity contribution in [1.82, 2.24) is 30.4 Å². The maximum Gasteiger partial charge on any atom is 0.269 e. The Labute approximate surface area is 167 Å². The molecular formula is C20H24N6O3. The predicted octanol–water partition coefficient (Wildman–Crippen LogP) is 1.61. The summed E-state index contributed by atoms with van der Waals surface area (Å²) in [5, 5.41) is 10.1. The van der Waals surface area contributed by atoms with Gasteiger partial charge in [-0.1, -0.05) is 0 Å². The highest BCUT2D eigenvalue weighted by Crippen LogP contribution is 2.21. The van der Waals surface area contributed by atoms with Crippen molar-refractivity contribution < 1.29 is 9.59 Å². The smallest absolute Gasteiger partial charge is 0.269 e. The van der Waals surface area contributed by atoms with Gasteiger partial charge in [0.05, 0.1) is 17.1 Å². The van der Waals surface area contributed by atoms with Crippen molar-refractivity contribution in [1.29, 1.82) is 0 Å². The van der Waals surface area contributed by atoms with E-state index in [9.17, 15) is 14.4 Å². The Balaban J connectivity index is 2.01. The van der Waals surface area contributed by atoms with Crippen LogP contribution in [0.25, 0.3) is 11.0 Å². The first-order chi connectivity index (χ1) is 13.7. The zero-order valence-corrected chi connectivity index (χ0v) is 17.1. The Morgan fingerprint density at radius 3 is 2.55 bits per heavy atom. The maximum absolute atomic E-state index is 12.9. The molecule has 0 saturated carbocycles. The van der Waals surface area contributed by atoms with Crippen molar-refractivity contribution in [3.05, 3.63) is 56.8 Å². The number of rotatable bonds is 5. The first kappa shape index (κ1) is 20.2. The molecule has 3 aromatic rings. The highest BCUT2D eigenvalue weighted by molar-refractivity contribution is 6.07. The minimum atomic E-state index is -0.412. The van der Waals surface area contributed by atoms with Crippen LogP contribution in [0.3, 0.4) is 0 Å². The van der Waals surface area contributed by atoms with Crippen molar-refractivity contribution in [2.24, 2.45) is 0 Å². The molecule has 0 bridgehead atoms. The highest BCUT2D eigenvalue weighted by atomic mass is 16.2. The maximum atomic E-state index is 12.9. The summed E-state index contributed by atoms with van der Waals surface area (Å²) >= 11 is 0. The zero-order chi connectivity index (χ0) is 21.3. The number of H-pyrrole nitrogens is 1. The van der Waals surface area contributed by atoms with E-state index >= 15 is 0 Å². The van der Waals surface area contributed by atoms with Gasteiger partial charge in [0.25, 0.3) is 17.4 Å². The minimum absolute atomic E-state index is 0.00427. The quantitative estimate of drug-likeness (QED) is 0.605. The van der Waals surface area contributed by atoms with E-state index in [1.165, 1.54) is 13.1 Å². The van der Waals surface area contributed by atoms with Crippen molar-refractivity contribution in [3.8, 4) is 0 Å². The Kier molecular flexibility index (Phi) is 5.49. The second-order valence-electron chi connectivity index (χ2n) is 7.18. The summed E-state index contributed by atoms with van der Waals surface area (Å²) in [6.45, 7) is 7.57. The fraction of sp³-hybridized carbons (Fsp3) is 0.350. The topological polar surface area (TPSA) is 122 Å². The van der Waals surface area contributed by atoms with Gasteiger partial charge in [-0.05, 0) is 45.4 Å². The molecule has 0 atom stereocenters. The van der Waals surface area contributed by atoms with Crippen LogP contribution in [0.5, 0.6) is 0 Å². The highest BCUT2D eigenvalue weighted by Gasteiger charge is 2.20. The molecule has 152 valence electrons. The summed E-state index contributed by atoms with van der Waals surface area (Å²) in [6, 6.07) is 3.29. The van der Waals surface area contributed by atoms with E-state index in [-0.39, 0.29) is 29.4 Å². The van der Waals surface area contributed by atoms with Gasteiger partial charge >= 0.3 is 0 Å². The molecule has 0 saturated heterocycles. The molecule has 0 aliphatic carbocycles. The summed E-state index contributed by atoms with van der Waals surface area (Å²) in [4.78, 5) is 44.4. The fourth-order valence-corrected chi connectivity index (χ4v) is 3.19. The van der Waals surface area contributed by atoms with Gasteiger partial charge in [0, 0.05) is 30.9 Å². The molecule has 9 heteroatoms. The van der Waals surface area contributed by atoms with Gasteiger partial charge in [-0.3, -0.25) is 14.4 Å². The zero-order valence-electron chi connectivity index (χ0n) is 17.1. The number of carbonyl (C=O) groups is 2. The molecule has 3 heterocycles. The van der Waals surface area contributed by atoms with Crippen LogP contribution in [0.1, 0.15) is 57.6 Å². The Hall–Kier alpha value is -3.49. The van der Waals surface area contributed by atoms with E-state index in [0.29, 0.717) is 16.6 Å². The molecule has 0 aliphatic rings. The lowest BCUT2D eigenvalue weighted by molar-refractivity contribution is 0.0952. The van der Waals surface area contributed by atoms with Crippen LogP contribution in [0.4, 0.5) is 0 Å². The number of aromatic nitrogens is 4. The molecule has 0 aromatic carbocycles. The van der Waals surface area contributed by atoms with Crippen LogP contribution in [-0.4, -0.2) is 38.6 Å². The predicted molar refractivity (Wildman–Crippen MR) is 109 cm³/mol. The number of hydrogen-bond acceptors (Lipinski definition) is 5. The molecule has 3 rings (SSSR count). The summed E-state index contributed by atoms with van der Waals surface area (Å²) < 4.78 is 1.66. The number of carbonyl (C=O) groups excluding carboxylic acids is 2. The molecule has 0 fully saturated rings. The standard InChI is InChI=1S/C20H24N6O3/c1-10(2)26-17-15(9-23-26)13(7-16(25-17)20(29)21-5)18(27)22-8-14-11(3)6-12(4)24-19(14)28/h6-7,9-10H,8H2,1-5H3,(H,21,29)(H,22,27)(H,24,28). The summed E-state index contributed by atoms with van der Waals surface area (Å²) in [5.74, 6) is -0.812. The molecule has 29 heavy (non-hydrogen) atoms. The van der Waals surface area contributed by atoms with Crippen LogP contribution < -0.4 is 16.2 Å². The summed E-state index contributed by atoms with van der Waals surface area (Å²) in [7, 11) is 1.50. The number of aromatic amines is 1. The normalized spacial score (nSPS) is 11.1. The number of hydrogen-bond donors (Lipinski definition) is 3. The Morgan fingerprint density at radius 1 is 1.21 bits per heavy atom. The van der Waals surface area contributed by atoms with Gasteiger partial charge in [-0.15, -0.1) is 0 Å². The van der Waals surface area contributed by atoms with Crippen molar-refractivity contribution >= 4 is 22.8 Å². The number of fused-ring (bicyclic) bond motifs is 1. The molecule has 0 aliphatic heterocycles. The van der Waals surface area contributed by atoms with Crippen LogP contribution in [0, 0.1) is 13.8 Å². The van der Waals surface area contributed by atoms with Crippen molar-refractivity contribution in [2.45, 2.75) is 40.3 Å². The van der Waals surface area contributed by atoms with E-state index in [2.05, 4.69) is 25.7 Å². The van der Waals surface area contributed by atoms with E-state index in [4.69, 9.17) is 0 Å². The van der Waals surface area contributed by atoms with E-state index in [1.54, 1.807) is 17.8 Å². The lowest BCUT2D eigenvalue weighted by atomic mass is 10.1. The van der Waals surface area contributed by atoms with Gasteiger partial charge in [0.2, 0.25) is 0 Å². The molecule has 0 unspecified atom stereocenters. The molecule has 3 aromatic heterocycles. The number of amides is 2. The van der Waals surface area contributed by atoms with Crippen LogP contribution in [-0.2, 0) is 6.54 Å². The summed E-state index contributed by atoms with van der Waals surface area (Å²) in [5.41, 5.74) is 2.66. The van der Waals surface area contributed by atoms with Gasteiger partial charge in [0.15, 0.2) is 5.65 Å². The van der Waals surface area contributed by atoms with Gasteiger partial charge in [0.1, 0.15) is 5.69 Å². The largest absolute Gasteiger partial charge is 0.354 e. The van der Waals surface area contributed by atoms with Gasteiger partial charge in [-0.25, -0.2) is 9.67 Å².